The predicted molar refractivity (Wildman–Crippen MR) is 77.3 cm³/mol. The summed E-state index contributed by atoms with van der Waals surface area (Å²) in [6.07, 6.45) is 0. The molecule has 0 saturated carbocycles. The fourth-order valence-electron chi connectivity index (χ4n) is 1.37. The zero-order valence-corrected chi connectivity index (χ0v) is 12.8. The van der Waals surface area contributed by atoms with Crippen LogP contribution < -0.4 is 10.5 Å². The van der Waals surface area contributed by atoms with Crippen molar-refractivity contribution in [2.75, 3.05) is 12.3 Å². The summed E-state index contributed by atoms with van der Waals surface area (Å²) in [7, 11) is -3.42. The SMILES string of the molecule is CCNS(=O)(=O)c1ccc(N)c(SC(C)(C)C)c1. The molecule has 0 aliphatic heterocycles. The summed E-state index contributed by atoms with van der Waals surface area (Å²) in [6.45, 7) is 8.29. The van der Waals surface area contributed by atoms with Crippen LogP contribution in [0.1, 0.15) is 27.7 Å². The van der Waals surface area contributed by atoms with Crippen LogP contribution in [0.15, 0.2) is 28.0 Å². The van der Waals surface area contributed by atoms with E-state index >= 15 is 0 Å². The largest absolute Gasteiger partial charge is 0.398 e. The molecule has 18 heavy (non-hydrogen) atoms. The summed E-state index contributed by atoms with van der Waals surface area (Å²) in [5, 5.41) is 0. The highest BCUT2D eigenvalue weighted by Gasteiger charge is 2.18. The summed E-state index contributed by atoms with van der Waals surface area (Å²) in [4.78, 5) is 1.05. The van der Waals surface area contributed by atoms with Gasteiger partial charge in [-0.15, -0.1) is 11.8 Å². The van der Waals surface area contributed by atoms with Crippen molar-refractivity contribution < 1.29 is 8.42 Å². The monoisotopic (exact) mass is 288 g/mol. The van der Waals surface area contributed by atoms with E-state index in [9.17, 15) is 8.42 Å². The number of hydrogen-bond acceptors (Lipinski definition) is 4. The molecule has 0 bridgehead atoms. The number of anilines is 1. The van der Waals surface area contributed by atoms with Crippen LogP contribution in [0.4, 0.5) is 5.69 Å². The first-order valence-electron chi connectivity index (χ1n) is 5.74. The molecule has 102 valence electrons. The second kappa shape index (κ2) is 5.50. The van der Waals surface area contributed by atoms with Gasteiger partial charge >= 0.3 is 0 Å². The van der Waals surface area contributed by atoms with E-state index < -0.39 is 10.0 Å². The Hall–Kier alpha value is -0.720. The lowest BCUT2D eigenvalue weighted by Crippen LogP contribution is -2.23. The number of benzene rings is 1. The van der Waals surface area contributed by atoms with Crippen LogP contribution in [0, 0.1) is 0 Å². The van der Waals surface area contributed by atoms with Gasteiger partial charge in [0.1, 0.15) is 0 Å². The molecule has 0 aliphatic rings. The van der Waals surface area contributed by atoms with Crippen molar-refractivity contribution in [3.8, 4) is 0 Å². The van der Waals surface area contributed by atoms with Gasteiger partial charge in [-0.25, -0.2) is 13.1 Å². The number of sulfonamides is 1. The highest BCUT2D eigenvalue weighted by molar-refractivity contribution is 8.00. The fraction of sp³-hybridized carbons (Fsp3) is 0.500. The third-order valence-corrected chi connectivity index (χ3v) is 4.77. The molecule has 0 amide bonds. The topological polar surface area (TPSA) is 72.2 Å². The Morgan fingerprint density at radius 3 is 2.44 bits per heavy atom. The van der Waals surface area contributed by atoms with Gasteiger partial charge < -0.3 is 5.73 Å². The van der Waals surface area contributed by atoms with Gasteiger partial charge in [0, 0.05) is 21.9 Å². The van der Waals surface area contributed by atoms with E-state index in [0.717, 1.165) is 4.90 Å². The van der Waals surface area contributed by atoms with Crippen LogP contribution in [0.2, 0.25) is 0 Å². The van der Waals surface area contributed by atoms with E-state index in [1.165, 1.54) is 6.07 Å². The first-order valence-corrected chi connectivity index (χ1v) is 8.04. The molecular weight excluding hydrogens is 268 g/mol. The minimum absolute atomic E-state index is 0.0192. The Bertz CT molecular complexity index is 519. The molecular formula is C12H20N2O2S2. The van der Waals surface area contributed by atoms with Crippen LogP contribution in [-0.4, -0.2) is 19.7 Å². The molecule has 0 saturated heterocycles. The van der Waals surface area contributed by atoms with Crippen LogP contribution in [0.25, 0.3) is 0 Å². The number of hydrogen-bond donors (Lipinski definition) is 2. The molecule has 1 aromatic rings. The zero-order chi connectivity index (χ0) is 14.0. The molecule has 0 unspecified atom stereocenters. The summed E-state index contributed by atoms with van der Waals surface area (Å²) < 4.78 is 26.3. The highest BCUT2D eigenvalue weighted by Crippen LogP contribution is 2.36. The quantitative estimate of drug-likeness (QED) is 0.659. The van der Waals surface area contributed by atoms with Crippen molar-refractivity contribution in [3.05, 3.63) is 18.2 Å². The van der Waals surface area contributed by atoms with E-state index in [2.05, 4.69) is 25.5 Å². The summed E-state index contributed by atoms with van der Waals surface area (Å²) >= 11 is 1.56. The van der Waals surface area contributed by atoms with E-state index in [4.69, 9.17) is 5.73 Å². The number of nitrogens with one attached hydrogen (secondary N) is 1. The summed E-state index contributed by atoms with van der Waals surface area (Å²) in [5.74, 6) is 0. The first-order chi connectivity index (χ1) is 8.15. The van der Waals surface area contributed by atoms with E-state index in [0.29, 0.717) is 12.2 Å². The molecule has 1 aromatic carbocycles. The number of nitrogens with two attached hydrogens (primary N) is 1. The third kappa shape index (κ3) is 4.19. The predicted octanol–water partition coefficient (Wildman–Crippen LogP) is 2.46. The molecule has 0 aliphatic carbocycles. The molecule has 0 aromatic heterocycles. The Morgan fingerprint density at radius 2 is 1.94 bits per heavy atom. The van der Waals surface area contributed by atoms with Crippen LogP contribution in [-0.2, 0) is 10.0 Å². The van der Waals surface area contributed by atoms with Gasteiger partial charge in [0.05, 0.1) is 4.90 Å². The lowest BCUT2D eigenvalue weighted by molar-refractivity contribution is 0.583. The Balaban J connectivity index is 3.16. The standard InChI is InChI=1S/C12H20N2O2S2/c1-5-14-18(15,16)9-6-7-10(13)11(8-9)17-12(2,3)4/h6-8,14H,5,13H2,1-4H3. The summed E-state index contributed by atoms with van der Waals surface area (Å²) in [6, 6.07) is 4.79. The molecule has 1 rings (SSSR count). The average Bonchev–Trinajstić information content (AvgIpc) is 2.19. The molecule has 0 spiro atoms. The van der Waals surface area contributed by atoms with Gasteiger partial charge in [-0.05, 0) is 18.2 Å². The molecule has 0 atom stereocenters. The lowest BCUT2D eigenvalue weighted by atomic mass is 10.3. The minimum Gasteiger partial charge on any atom is -0.398 e. The molecule has 6 heteroatoms. The van der Waals surface area contributed by atoms with Crippen LogP contribution in [0.3, 0.4) is 0 Å². The van der Waals surface area contributed by atoms with Crippen molar-refractivity contribution >= 4 is 27.5 Å². The zero-order valence-electron chi connectivity index (χ0n) is 11.1. The highest BCUT2D eigenvalue weighted by atomic mass is 32.2. The lowest BCUT2D eigenvalue weighted by Gasteiger charge is -2.19. The van der Waals surface area contributed by atoms with Gasteiger partial charge in [-0.1, -0.05) is 27.7 Å². The third-order valence-electron chi connectivity index (χ3n) is 2.05. The van der Waals surface area contributed by atoms with E-state index in [-0.39, 0.29) is 9.64 Å². The maximum atomic E-state index is 11.9. The molecule has 0 fully saturated rings. The maximum Gasteiger partial charge on any atom is 0.240 e. The number of nitrogen functional groups attached to an aromatic ring is 1. The van der Waals surface area contributed by atoms with Gasteiger partial charge in [0.15, 0.2) is 0 Å². The van der Waals surface area contributed by atoms with Gasteiger partial charge in [-0.2, -0.15) is 0 Å². The Labute approximate surface area is 113 Å². The van der Waals surface area contributed by atoms with Crippen molar-refractivity contribution in [3.63, 3.8) is 0 Å². The molecule has 0 radical (unpaired) electrons. The first kappa shape index (κ1) is 15.3. The summed E-state index contributed by atoms with van der Waals surface area (Å²) in [5.41, 5.74) is 6.48. The number of thioether (sulfide) groups is 1. The Morgan fingerprint density at radius 1 is 1.33 bits per heavy atom. The van der Waals surface area contributed by atoms with Crippen molar-refractivity contribution in [2.45, 2.75) is 42.2 Å². The van der Waals surface area contributed by atoms with Gasteiger partial charge in [-0.3, -0.25) is 0 Å². The van der Waals surface area contributed by atoms with E-state index in [1.807, 2.05) is 0 Å². The van der Waals surface area contributed by atoms with E-state index in [1.54, 1.807) is 30.8 Å². The maximum absolute atomic E-state index is 11.9. The van der Waals surface area contributed by atoms with Crippen LogP contribution in [0.5, 0.6) is 0 Å². The van der Waals surface area contributed by atoms with Crippen LogP contribution >= 0.6 is 11.8 Å². The smallest absolute Gasteiger partial charge is 0.240 e. The minimum atomic E-state index is -3.42. The average molecular weight is 288 g/mol. The Kier molecular flexibility index (Phi) is 4.69. The van der Waals surface area contributed by atoms with Crippen molar-refractivity contribution in [1.29, 1.82) is 0 Å². The van der Waals surface area contributed by atoms with Gasteiger partial charge in [0.25, 0.3) is 0 Å². The molecule has 0 heterocycles. The normalized spacial score (nSPS) is 12.7. The molecule has 3 N–H and O–H groups in total. The van der Waals surface area contributed by atoms with Crippen molar-refractivity contribution in [1.82, 2.24) is 4.72 Å². The second-order valence-electron chi connectivity index (χ2n) is 4.92. The second-order valence-corrected chi connectivity index (χ2v) is 8.55. The number of rotatable bonds is 4. The molecule has 4 nitrogen and oxygen atoms in total. The fourth-order valence-corrected chi connectivity index (χ4v) is 3.55. The van der Waals surface area contributed by atoms with Gasteiger partial charge in [0.2, 0.25) is 10.0 Å². The van der Waals surface area contributed by atoms with Crippen molar-refractivity contribution in [2.24, 2.45) is 0 Å².